The molecule has 0 saturated heterocycles. The van der Waals surface area contributed by atoms with Gasteiger partial charge in [-0.3, -0.25) is 14.9 Å². The number of hydrogen-bond acceptors (Lipinski definition) is 4. The average Bonchev–Trinajstić information content (AvgIpc) is 3.63. The summed E-state index contributed by atoms with van der Waals surface area (Å²) in [6, 6.07) is 30.4. The predicted molar refractivity (Wildman–Crippen MR) is 219 cm³/mol. The Morgan fingerprint density at radius 1 is 0.759 bits per heavy atom. The minimum Gasteiger partial charge on any atom is -0.393 e. The van der Waals surface area contributed by atoms with Gasteiger partial charge in [0.15, 0.2) is 11.4 Å². The van der Waals surface area contributed by atoms with E-state index in [1.165, 1.54) is 8.96 Å². The first kappa shape index (κ1) is 36.9. The van der Waals surface area contributed by atoms with Crippen LogP contribution >= 0.6 is 0 Å². The van der Waals surface area contributed by atoms with E-state index in [0.29, 0.717) is 35.6 Å². The van der Waals surface area contributed by atoms with Gasteiger partial charge in [-0.25, -0.2) is 0 Å². The summed E-state index contributed by atoms with van der Waals surface area (Å²) in [5, 5.41) is 0. The van der Waals surface area contributed by atoms with Gasteiger partial charge in [-0.2, -0.15) is 0 Å². The fraction of sp³-hybridized carbons (Fsp3) is 0.267. The zero-order valence-electron chi connectivity index (χ0n) is 32.2. The second-order valence-electron chi connectivity index (χ2n) is 14.4. The third-order valence-corrected chi connectivity index (χ3v) is 11.1. The second kappa shape index (κ2) is 15.5. The van der Waals surface area contributed by atoms with Gasteiger partial charge in [0.05, 0.1) is 17.0 Å². The number of likely N-dealkylation sites (N-methyl/N-ethyl adjacent to an activating group) is 1. The highest BCUT2D eigenvalue weighted by Gasteiger charge is 2.57. The molecule has 3 aromatic heterocycles. The number of fused-ring (bicyclic) bond motifs is 2. The third kappa shape index (κ3) is 6.89. The lowest BCUT2D eigenvalue weighted by Crippen LogP contribution is -2.51. The molecule has 0 radical (unpaired) electrons. The minimum absolute atomic E-state index is 0.569. The van der Waals surface area contributed by atoms with E-state index in [1.54, 1.807) is 0 Å². The molecule has 276 valence electrons. The number of allylic oxidation sites excluding steroid dienone is 3. The summed E-state index contributed by atoms with van der Waals surface area (Å²) in [6.45, 7) is 8.89. The van der Waals surface area contributed by atoms with E-state index in [-0.39, 0.29) is 0 Å². The van der Waals surface area contributed by atoms with E-state index in [1.807, 2.05) is 99.9 Å². The molecule has 2 aliphatic rings. The van der Waals surface area contributed by atoms with Crippen LogP contribution < -0.4 is 4.90 Å². The quantitative estimate of drug-likeness (QED) is 0.114. The van der Waals surface area contributed by atoms with Crippen LogP contribution in [0.4, 0.5) is 14.3 Å². The first-order chi connectivity index (χ1) is 26.1. The number of halogens is 2. The molecule has 54 heavy (non-hydrogen) atoms. The van der Waals surface area contributed by atoms with Crippen LogP contribution in [-0.2, 0) is 19.5 Å². The largest absolute Gasteiger partial charge is 0.737 e. The lowest BCUT2D eigenvalue weighted by atomic mass is 9.83. The summed E-state index contributed by atoms with van der Waals surface area (Å²) in [7, 11) is 2.10. The molecule has 0 aliphatic carbocycles. The van der Waals surface area contributed by atoms with Gasteiger partial charge in [-0.1, -0.05) is 68.4 Å². The maximum Gasteiger partial charge on any atom is 0.737 e. The molecule has 6 nitrogen and oxygen atoms in total. The zero-order valence-corrected chi connectivity index (χ0v) is 32.2. The van der Waals surface area contributed by atoms with Crippen molar-refractivity contribution in [2.24, 2.45) is 0 Å². The molecule has 5 aromatic rings. The molecule has 2 aromatic carbocycles. The van der Waals surface area contributed by atoms with Gasteiger partial charge in [-0.05, 0) is 104 Å². The van der Waals surface area contributed by atoms with Gasteiger partial charge >= 0.3 is 6.97 Å². The first-order valence-electron chi connectivity index (χ1n) is 19.0. The highest BCUT2D eigenvalue weighted by molar-refractivity contribution is 6.58. The number of benzene rings is 2. The van der Waals surface area contributed by atoms with Crippen LogP contribution in [-0.4, -0.2) is 56.7 Å². The van der Waals surface area contributed by atoms with Crippen molar-refractivity contribution in [3.63, 3.8) is 0 Å². The van der Waals surface area contributed by atoms with Crippen LogP contribution in [0.25, 0.3) is 11.6 Å². The Balaban J connectivity index is 1.17. The van der Waals surface area contributed by atoms with Crippen molar-refractivity contribution in [2.75, 3.05) is 25.0 Å². The van der Waals surface area contributed by atoms with E-state index < -0.39 is 6.97 Å². The van der Waals surface area contributed by atoms with Crippen LogP contribution in [0.3, 0.4) is 0 Å². The SMILES string of the molecule is CCC1=C(C)C2=C(c3ccccc3)c3c(C)c(CC)c(C)n3[B-](F)(F)[N+]2=C1/C=C/c1ccc(N(C)CCN(Cc2ccccn2)Cc2ccccn2)cc1. The molecule has 9 heteroatoms. The van der Waals surface area contributed by atoms with Gasteiger partial charge in [0.25, 0.3) is 0 Å². The van der Waals surface area contributed by atoms with Crippen LogP contribution in [0, 0.1) is 13.8 Å². The van der Waals surface area contributed by atoms with Gasteiger partial charge < -0.3 is 22.5 Å². The summed E-state index contributed by atoms with van der Waals surface area (Å²) in [5.41, 5.74) is 12.2. The Labute approximate surface area is 318 Å². The Kier molecular flexibility index (Phi) is 10.6. The Bertz CT molecular complexity index is 2210. The number of hydrogen-bond donors (Lipinski definition) is 0. The van der Waals surface area contributed by atoms with E-state index in [4.69, 9.17) is 0 Å². The van der Waals surface area contributed by atoms with Gasteiger partial charge in [0.2, 0.25) is 0 Å². The summed E-state index contributed by atoms with van der Waals surface area (Å²) in [5.74, 6) is 0. The van der Waals surface area contributed by atoms with E-state index >= 15 is 8.63 Å². The molecule has 2 aliphatic heterocycles. The molecular weight excluding hydrogens is 673 g/mol. The molecule has 0 spiro atoms. The van der Waals surface area contributed by atoms with Crippen molar-refractivity contribution in [1.82, 2.24) is 19.3 Å². The maximum absolute atomic E-state index is 17.2. The lowest BCUT2D eigenvalue weighted by Gasteiger charge is -2.34. The molecule has 0 amide bonds. The van der Waals surface area contributed by atoms with Crippen molar-refractivity contribution >= 4 is 30.0 Å². The predicted octanol–water partition coefficient (Wildman–Crippen LogP) is 9.50. The Morgan fingerprint density at radius 2 is 1.39 bits per heavy atom. The van der Waals surface area contributed by atoms with Gasteiger partial charge in [-0.15, -0.1) is 0 Å². The lowest BCUT2D eigenvalue weighted by molar-refractivity contribution is -0.362. The molecule has 0 saturated carbocycles. The fourth-order valence-corrected chi connectivity index (χ4v) is 8.36. The molecule has 0 bridgehead atoms. The molecule has 5 heterocycles. The van der Waals surface area contributed by atoms with Crippen LogP contribution in [0.2, 0.25) is 0 Å². The minimum atomic E-state index is -4.17. The molecular formula is C45H49BF2N6. The van der Waals surface area contributed by atoms with E-state index in [9.17, 15) is 0 Å². The molecule has 0 N–H and O–H groups in total. The monoisotopic (exact) mass is 722 g/mol. The van der Waals surface area contributed by atoms with Crippen molar-refractivity contribution in [3.05, 3.63) is 171 Å². The Hall–Kier alpha value is -5.41. The van der Waals surface area contributed by atoms with E-state index in [0.717, 1.165) is 82.2 Å². The molecule has 0 atom stereocenters. The summed E-state index contributed by atoms with van der Waals surface area (Å²) < 4.78 is 37.2. The van der Waals surface area contributed by atoms with Crippen LogP contribution in [0.15, 0.2) is 126 Å². The van der Waals surface area contributed by atoms with Crippen molar-refractivity contribution in [3.8, 4) is 0 Å². The fourth-order valence-electron chi connectivity index (χ4n) is 8.36. The second-order valence-corrected chi connectivity index (χ2v) is 14.4. The summed E-state index contributed by atoms with van der Waals surface area (Å²) in [6.07, 6.45) is 8.89. The summed E-state index contributed by atoms with van der Waals surface area (Å²) in [4.78, 5) is 13.7. The van der Waals surface area contributed by atoms with Gasteiger partial charge in [0, 0.05) is 74.2 Å². The normalized spacial score (nSPS) is 15.1. The molecule has 0 fully saturated rings. The number of pyridine rings is 2. The molecule has 0 unspecified atom stereocenters. The topological polar surface area (TPSA) is 40.2 Å². The standard InChI is InChI=1S/C45H49BF2N6/c1-7-40-32(3)44-43(36-16-10-9-11-17-36)45-33(4)41(8-2)42(54(45)46(47,48)53(44)34(40)5)25-22-35-20-23-39(24-21-35)51(6)28-29-52(30-37-18-12-14-26-49-37)31-38-19-13-15-27-50-38/h9-27H,7-8,28-31H2,1-6H3/b25-22+. The average molecular weight is 723 g/mol. The number of rotatable bonds is 13. The number of nitrogens with zero attached hydrogens (tertiary/aromatic N) is 6. The van der Waals surface area contributed by atoms with E-state index in [2.05, 4.69) is 77.1 Å². The van der Waals surface area contributed by atoms with Crippen molar-refractivity contribution in [2.45, 2.75) is 60.5 Å². The van der Waals surface area contributed by atoms with Crippen LogP contribution in [0.1, 0.15) is 72.2 Å². The number of anilines is 1. The highest BCUT2D eigenvalue weighted by Crippen LogP contribution is 2.47. The maximum atomic E-state index is 17.2. The number of aromatic nitrogens is 3. The smallest absolute Gasteiger partial charge is 0.393 e. The van der Waals surface area contributed by atoms with Crippen molar-refractivity contribution < 1.29 is 13.1 Å². The zero-order chi connectivity index (χ0) is 38.0. The summed E-state index contributed by atoms with van der Waals surface area (Å²) >= 11 is 0. The van der Waals surface area contributed by atoms with Crippen LogP contribution in [0.5, 0.6) is 0 Å². The highest BCUT2D eigenvalue weighted by atomic mass is 19.2. The van der Waals surface area contributed by atoms with Gasteiger partial charge in [0.1, 0.15) is 0 Å². The Morgan fingerprint density at radius 3 is 1.96 bits per heavy atom. The first-order valence-corrected chi connectivity index (χ1v) is 19.0. The third-order valence-electron chi connectivity index (χ3n) is 11.1. The molecule has 7 rings (SSSR count). The van der Waals surface area contributed by atoms with Crippen molar-refractivity contribution in [1.29, 1.82) is 0 Å².